The molecule has 0 amide bonds. The van der Waals surface area contributed by atoms with Crippen molar-refractivity contribution in [2.75, 3.05) is 12.8 Å². The number of ether oxygens (including phenoxy) is 1. The number of carbonyl (C=O) groups excluding carboxylic acids is 1. The van der Waals surface area contributed by atoms with Crippen LogP contribution in [0.25, 0.3) is 21.7 Å². The van der Waals surface area contributed by atoms with E-state index in [9.17, 15) is 4.79 Å². The fraction of sp³-hybridized carbons (Fsp3) is 0.211. The van der Waals surface area contributed by atoms with Crippen LogP contribution in [0, 0.1) is 0 Å². The second-order valence-corrected chi connectivity index (χ2v) is 6.93. The number of methoxy groups -OCH3 is 1. The maximum absolute atomic E-state index is 12.1. The molecule has 1 aromatic carbocycles. The van der Waals surface area contributed by atoms with E-state index in [2.05, 4.69) is 16.0 Å². The van der Waals surface area contributed by atoms with Crippen molar-refractivity contribution in [1.82, 2.24) is 4.57 Å². The van der Waals surface area contributed by atoms with Gasteiger partial charge in [0.15, 0.2) is 5.78 Å². The Kier molecular flexibility index (Phi) is 3.46. The van der Waals surface area contributed by atoms with Gasteiger partial charge in [0, 0.05) is 29.5 Å². The molecule has 0 spiro atoms. The molecule has 2 aromatic heterocycles. The molecule has 1 aliphatic heterocycles. The quantitative estimate of drug-likeness (QED) is 0.574. The lowest BCUT2D eigenvalue weighted by atomic mass is 9.95. The zero-order valence-electron chi connectivity index (χ0n) is 13.6. The molecule has 4 rings (SSSR count). The molecule has 0 unspecified atom stereocenters. The SMILES string of the molecule is COc1cc2c(cc1N)-c1c(-c3cccs3)cc(C(C)=O)n1CC2. The highest BCUT2D eigenvalue weighted by Gasteiger charge is 2.26. The Labute approximate surface area is 144 Å². The van der Waals surface area contributed by atoms with Gasteiger partial charge >= 0.3 is 0 Å². The minimum Gasteiger partial charge on any atom is -0.495 e. The zero-order valence-corrected chi connectivity index (χ0v) is 14.4. The van der Waals surface area contributed by atoms with E-state index in [4.69, 9.17) is 10.5 Å². The molecular weight excluding hydrogens is 320 g/mol. The van der Waals surface area contributed by atoms with E-state index in [-0.39, 0.29) is 5.78 Å². The third kappa shape index (κ3) is 2.16. The summed E-state index contributed by atoms with van der Waals surface area (Å²) in [6.45, 7) is 2.41. The number of nitrogens with zero attached hydrogens (tertiary/aromatic N) is 1. The maximum Gasteiger partial charge on any atom is 0.176 e. The van der Waals surface area contributed by atoms with Crippen molar-refractivity contribution >= 4 is 22.8 Å². The fourth-order valence-corrected chi connectivity index (χ4v) is 4.20. The lowest BCUT2D eigenvalue weighted by Gasteiger charge is -2.23. The maximum atomic E-state index is 12.1. The highest BCUT2D eigenvalue weighted by Crippen LogP contribution is 2.43. The number of ketones is 1. The predicted octanol–water partition coefficient (Wildman–Crippen LogP) is 4.23. The number of rotatable bonds is 3. The van der Waals surface area contributed by atoms with Crippen molar-refractivity contribution in [2.24, 2.45) is 0 Å². The van der Waals surface area contributed by atoms with Crippen LogP contribution >= 0.6 is 11.3 Å². The number of aromatic nitrogens is 1. The second-order valence-electron chi connectivity index (χ2n) is 5.98. The minimum atomic E-state index is 0.0870. The van der Waals surface area contributed by atoms with E-state index in [0.29, 0.717) is 11.4 Å². The molecule has 1 aliphatic rings. The van der Waals surface area contributed by atoms with E-state index >= 15 is 0 Å². The van der Waals surface area contributed by atoms with Crippen LogP contribution in [0.15, 0.2) is 35.7 Å². The number of hydrogen-bond donors (Lipinski definition) is 1. The summed E-state index contributed by atoms with van der Waals surface area (Å²) in [6.07, 6.45) is 0.859. The van der Waals surface area contributed by atoms with Crippen LogP contribution in [0.2, 0.25) is 0 Å². The molecule has 0 fully saturated rings. The number of nitrogens with two attached hydrogens (primary N) is 1. The first kappa shape index (κ1) is 15.0. The summed E-state index contributed by atoms with van der Waals surface area (Å²) in [5.74, 6) is 0.794. The summed E-state index contributed by atoms with van der Waals surface area (Å²) in [5.41, 5.74) is 12.0. The van der Waals surface area contributed by atoms with E-state index in [1.165, 1.54) is 5.56 Å². The van der Waals surface area contributed by atoms with Gasteiger partial charge in [-0.2, -0.15) is 0 Å². The summed E-state index contributed by atoms with van der Waals surface area (Å²) < 4.78 is 7.49. The highest BCUT2D eigenvalue weighted by molar-refractivity contribution is 7.13. The van der Waals surface area contributed by atoms with Crippen LogP contribution in [0.3, 0.4) is 0 Å². The number of thiophene rings is 1. The van der Waals surface area contributed by atoms with Gasteiger partial charge in [-0.25, -0.2) is 0 Å². The zero-order chi connectivity index (χ0) is 16.8. The molecule has 0 aliphatic carbocycles. The Morgan fingerprint density at radius 1 is 1.29 bits per heavy atom. The Hall–Kier alpha value is -2.53. The van der Waals surface area contributed by atoms with Crippen molar-refractivity contribution in [3.05, 3.63) is 47.0 Å². The van der Waals surface area contributed by atoms with Gasteiger partial charge in [-0.15, -0.1) is 11.3 Å². The van der Waals surface area contributed by atoms with Crippen molar-refractivity contribution < 1.29 is 9.53 Å². The molecule has 0 saturated heterocycles. The van der Waals surface area contributed by atoms with E-state index < -0.39 is 0 Å². The van der Waals surface area contributed by atoms with Gasteiger partial charge in [-0.3, -0.25) is 4.79 Å². The average Bonchev–Trinajstić information content (AvgIpc) is 3.21. The van der Waals surface area contributed by atoms with E-state index in [0.717, 1.165) is 40.4 Å². The van der Waals surface area contributed by atoms with Crippen molar-refractivity contribution in [3.8, 4) is 27.4 Å². The second kappa shape index (κ2) is 5.53. The number of carbonyl (C=O) groups is 1. The molecule has 5 heteroatoms. The number of aryl methyl sites for hydroxylation is 1. The summed E-state index contributed by atoms with van der Waals surface area (Å²) in [6, 6.07) is 10.1. The molecule has 0 bridgehead atoms. The van der Waals surface area contributed by atoms with Gasteiger partial charge in [0.05, 0.1) is 24.2 Å². The number of nitrogen functional groups attached to an aromatic ring is 1. The van der Waals surface area contributed by atoms with Crippen LogP contribution in [0.5, 0.6) is 5.75 Å². The average molecular weight is 338 g/mol. The van der Waals surface area contributed by atoms with Crippen LogP contribution in [0.1, 0.15) is 23.0 Å². The number of fused-ring (bicyclic) bond motifs is 3. The van der Waals surface area contributed by atoms with Crippen molar-refractivity contribution in [2.45, 2.75) is 19.9 Å². The summed E-state index contributed by atoms with van der Waals surface area (Å²) in [7, 11) is 1.63. The molecule has 3 aromatic rings. The van der Waals surface area contributed by atoms with Crippen LogP contribution < -0.4 is 10.5 Å². The minimum absolute atomic E-state index is 0.0870. The first-order valence-corrected chi connectivity index (χ1v) is 8.73. The lowest BCUT2D eigenvalue weighted by molar-refractivity contribution is 0.100. The van der Waals surface area contributed by atoms with E-state index in [1.54, 1.807) is 25.4 Å². The predicted molar refractivity (Wildman–Crippen MR) is 97.9 cm³/mol. The van der Waals surface area contributed by atoms with Crippen molar-refractivity contribution in [3.63, 3.8) is 0 Å². The Morgan fingerprint density at radius 3 is 2.79 bits per heavy atom. The number of anilines is 1. The monoisotopic (exact) mass is 338 g/mol. The molecule has 122 valence electrons. The first-order chi connectivity index (χ1) is 11.6. The molecule has 24 heavy (non-hydrogen) atoms. The molecule has 0 saturated carbocycles. The normalized spacial score (nSPS) is 12.6. The van der Waals surface area contributed by atoms with Gasteiger partial charge in [0.2, 0.25) is 0 Å². The van der Waals surface area contributed by atoms with Crippen LogP contribution in [0.4, 0.5) is 5.69 Å². The standard InChI is InChI=1S/C19H18N2O2S/c1-11(22)16-10-14(18-4-3-7-24-18)19-13-9-15(20)17(23-2)8-12(13)5-6-21(16)19/h3-4,7-10H,5-6,20H2,1-2H3. The molecule has 2 N–H and O–H groups in total. The molecule has 3 heterocycles. The smallest absolute Gasteiger partial charge is 0.176 e. The van der Waals surface area contributed by atoms with Gasteiger partial charge in [0.1, 0.15) is 5.75 Å². The van der Waals surface area contributed by atoms with Gasteiger partial charge < -0.3 is 15.0 Å². The fourth-order valence-electron chi connectivity index (χ4n) is 3.46. The van der Waals surface area contributed by atoms with Crippen molar-refractivity contribution in [1.29, 1.82) is 0 Å². The first-order valence-electron chi connectivity index (χ1n) is 7.85. The Bertz CT molecular complexity index is 939. The Morgan fingerprint density at radius 2 is 2.12 bits per heavy atom. The van der Waals surface area contributed by atoms with Crippen LogP contribution in [-0.2, 0) is 13.0 Å². The molecule has 0 atom stereocenters. The van der Waals surface area contributed by atoms with Gasteiger partial charge in [-0.05, 0) is 41.6 Å². The number of benzene rings is 1. The highest BCUT2D eigenvalue weighted by atomic mass is 32.1. The summed E-state index contributed by atoms with van der Waals surface area (Å²) in [4.78, 5) is 13.3. The third-order valence-electron chi connectivity index (χ3n) is 4.56. The molecule has 4 nitrogen and oxygen atoms in total. The largest absolute Gasteiger partial charge is 0.495 e. The summed E-state index contributed by atoms with van der Waals surface area (Å²) >= 11 is 1.68. The topological polar surface area (TPSA) is 57.2 Å². The van der Waals surface area contributed by atoms with Crippen LogP contribution in [-0.4, -0.2) is 17.5 Å². The lowest BCUT2D eigenvalue weighted by Crippen LogP contribution is -2.15. The molecule has 0 radical (unpaired) electrons. The van der Waals surface area contributed by atoms with Gasteiger partial charge in [0.25, 0.3) is 0 Å². The van der Waals surface area contributed by atoms with E-state index in [1.807, 2.05) is 24.3 Å². The number of hydrogen-bond acceptors (Lipinski definition) is 4. The Balaban J connectivity index is 2.02. The molecular formula is C19H18N2O2S. The third-order valence-corrected chi connectivity index (χ3v) is 5.46. The summed E-state index contributed by atoms with van der Waals surface area (Å²) in [5, 5.41) is 2.05. The van der Waals surface area contributed by atoms with Gasteiger partial charge in [-0.1, -0.05) is 6.07 Å². The number of Topliss-reactive ketones (excluding diaryl/α,β-unsaturated/α-hetero) is 1.